The van der Waals surface area contributed by atoms with Crippen molar-refractivity contribution < 1.29 is 9.90 Å². The molecular weight excluding hydrogens is 190 g/mol. The fourth-order valence-electron chi connectivity index (χ4n) is 2.98. The molecule has 15 heavy (non-hydrogen) atoms. The van der Waals surface area contributed by atoms with Gasteiger partial charge in [0, 0.05) is 25.0 Å². The summed E-state index contributed by atoms with van der Waals surface area (Å²) in [5.74, 6) is -0.651. The molecule has 1 saturated carbocycles. The number of carbonyl (C=O) groups is 1. The van der Waals surface area contributed by atoms with E-state index in [1.54, 1.807) is 0 Å². The fraction of sp³-hybridized carbons (Fsp3) is 0.917. The van der Waals surface area contributed by atoms with Crippen LogP contribution in [0.1, 0.15) is 51.4 Å². The second-order valence-corrected chi connectivity index (χ2v) is 4.90. The Morgan fingerprint density at radius 1 is 1.27 bits per heavy atom. The number of rotatable bonds is 5. The Kier molecular flexibility index (Phi) is 3.62. The van der Waals surface area contributed by atoms with Gasteiger partial charge in [0.25, 0.3) is 0 Å². The van der Waals surface area contributed by atoms with Crippen molar-refractivity contribution >= 4 is 5.97 Å². The monoisotopic (exact) mass is 211 g/mol. The lowest BCUT2D eigenvalue weighted by Gasteiger charge is -2.45. The first kappa shape index (κ1) is 10.9. The Labute approximate surface area is 91.5 Å². The number of nitrogens with zero attached hydrogens (tertiary/aromatic N) is 1. The van der Waals surface area contributed by atoms with Crippen LogP contribution in [0.2, 0.25) is 0 Å². The van der Waals surface area contributed by atoms with Crippen LogP contribution < -0.4 is 0 Å². The molecule has 1 saturated heterocycles. The van der Waals surface area contributed by atoms with Gasteiger partial charge in [-0.25, -0.2) is 0 Å². The van der Waals surface area contributed by atoms with Crippen LogP contribution in [-0.2, 0) is 4.79 Å². The van der Waals surface area contributed by atoms with Gasteiger partial charge in [0.1, 0.15) is 0 Å². The van der Waals surface area contributed by atoms with Gasteiger partial charge in [0.2, 0.25) is 0 Å². The van der Waals surface area contributed by atoms with Crippen molar-refractivity contribution in [1.29, 1.82) is 0 Å². The van der Waals surface area contributed by atoms with Gasteiger partial charge >= 0.3 is 5.97 Å². The molecule has 0 spiro atoms. The molecule has 1 heterocycles. The number of hydrogen-bond acceptors (Lipinski definition) is 2. The summed E-state index contributed by atoms with van der Waals surface area (Å²) in [4.78, 5) is 13.0. The van der Waals surface area contributed by atoms with Crippen molar-refractivity contribution in [3.8, 4) is 0 Å². The van der Waals surface area contributed by atoms with E-state index in [0.717, 1.165) is 18.9 Å². The van der Waals surface area contributed by atoms with Crippen molar-refractivity contribution in [2.45, 2.75) is 63.5 Å². The summed E-state index contributed by atoms with van der Waals surface area (Å²) in [6.45, 7) is 1.25. The number of aliphatic carboxylic acids is 1. The fourth-order valence-corrected chi connectivity index (χ4v) is 2.98. The van der Waals surface area contributed by atoms with E-state index in [2.05, 4.69) is 4.90 Å². The minimum Gasteiger partial charge on any atom is -0.481 e. The lowest BCUT2D eigenvalue weighted by atomic mass is 9.94. The maximum atomic E-state index is 10.4. The van der Waals surface area contributed by atoms with Gasteiger partial charge in [-0.05, 0) is 32.1 Å². The highest BCUT2D eigenvalue weighted by Crippen LogP contribution is 2.32. The van der Waals surface area contributed by atoms with Crippen LogP contribution >= 0.6 is 0 Å². The zero-order valence-corrected chi connectivity index (χ0v) is 9.32. The molecular formula is C12H21NO2. The maximum absolute atomic E-state index is 10.4. The van der Waals surface area contributed by atoms with Gasteiger partial charge in [0.05, 0.1) is 0 Å². The molecule has 2 aliphatic rings. The molecule has 1 aliphatic carbocycles. The standard InChI is InChI=1S/C12H21NO2/c14-12(15)7-3-6-11-8-9-13(11)10-4-1-2-5-10/h10-11H,1-9H2,(H,14,15). The largest absolute Gasteiger partial charge is 0.481 e. The summed E-state index contributed by atoms with van der Waals surface area (Å²) in [5, 5.41) is 8.58. The van der Waals surface area contributed by atoms with E-state index in [4.69, 9.17) is 5.11 Å². The van der Waals surface area contributed by atoms with E-state index in [-0.39, 0.29) is 0 Å². The first-order valence-corrected chi connectivity index (χ1v) is 6.25. The predicted molar refractivity (Wildman–Crippen MR) is 58.9 cm³/mol. The Balaban J connectivity index is 1.67. The van der Waals surface area contributed by atoms with Crippen molar-refractivity contribution in [1.82, 2.24) is 4.90 Å². The molecule has 0 amide bonds. The summed E-state index contributed by atoms with van der Waals surface area (Å²) in [5.41, 5.74) is 0. The van der Waals surface area contributed by atoms with Gasteiger partial charge in [-0.1, -0.05) is 12.8 Å². The summed E-state index contributed by atoms with van der Waals surface area (Å²) in [6.07, 6.45) is 9.09. The highest BCUT2D eigenvalue weighted by Gasteiger charge is 2.34. The maximum Gasteiger partial charge on any atom is 0.303 e. The molecule has 0 aromatic rings. The molecule has 0 radical (unpaired) electrons. The van der Waals surface area contributed by atoms with Gasteiger partial charge in [-0.15, -0.1) is 0 Å². The normalized spacial score (nSPS) is 27.9. The highest BCUT2D eigenvalue weighted by atomic mass is 16.4. The number of hydrogen-bond donors (Lipinski definition) is 1. The molecule has 1 aliphatic heterocycles. The topological polar surface area (TPSA) is 40.5 Å². The summed E-state index contributed by atoms with van der Waals surface area (Å²) in [6, 6.07) is 1.53. The molecule has 2 rings (SSSR count). The molecule has 1 atom stereocenters. The molecule has 3 heteroatoms. The quantitative estimate of drug-likeness (QED) is 0.758. The second kappa shape index (κ2) is 4.97. The van der Waals surface area contributed by atoms with Gasteiger partial charge in [-0.2, -0.15) is 0 Å². The molecule has 2 fully saturated rings. The smallest absolute Gasteiger partial charge is 0.303 e. The summed E-state index contributed by atoms with van der Waals surface area (Å²) >= 11 is 0. The first-order valence-electron chi connectivity index (χ1n) is 6.25. The Hall–Kier alpha value is -0.570. The second-order valence-electron chi connectivity index (χ2n) is 4.90. The van der Waals surface area contributed by atoms with Gasteiger partial charge in [0.15, 0.2) is 0 Å². The third kappa shape index (κ3) is 2.71. The van der Waals surface area contributed by atoms with E-state index < -0.39 is 5.97 Å². The average Bonchev–Trinajstić information content (AvgIpc) is 2.63. The minimum absolute atomic E-state index is 0.342. The van der Waals surface area contributed by atoms with Gasteiger partial charge < -0.3 is 5.11 Å². The van der Waals surface area contributed by atoms with E-state index >= 15 is 0 Å². The molecule has 1 N–H and O–H groups in total. The Morgan fingerprint density at radius 2 is 2.00 bits per heavy atom. The van der Waals surface area contributed by atoms with Crippen LogP contribution in [0.4, 0.5) is 0 Å². The number of carboxylic acid groups (broad SMARTS) is 1. The molecule has 0 aromatic heterocycles. The number of carboxylic acids is 1. The lowest BCUT2D eigenvalue weighted by Crippen LogP contribution is -2.52. The predicted octanol–water partition coefficient (Wildman–Crippen LogP) is 2.26. The first-order chi connectivity index (χ1) is 7.27. The van der Waals surface area contributed by atoms with E-state index in [1.165, 1.54) is 38.6 Å². The van der Waals surface area contributed by atoms with Crippen molar-refractivity contribution in [3.05, 3.63) is 0 Å². The van der Waals surface area contributed by atoms with Crippen LogP contribution in [0.15, 0.2) is 0 Å². The van der Waals surface area contributed by atoms with Gasteiger partial charge in [-0.3, -0.25) is 9.69 Å². The van der Waals surface area contributed by atoms with Crippen LogP contribution in [-0.4, -0.2) is 34.6 Å². The van der Waals surface area contributed by atoms with E-state index in [0.29, 0.717) is 12.5 Å². The molecule has 0 aromatic carbocycles. The van der Waals surface area contributed by atoms with Crippen LogP contribution in [0.25, 0.3) is 0 Å². The summed E-state index contributed by atoms with van der Waals surface area (Å²) in [7, 11) is 0. The molecule has 1 unspecified atom stereocenters. The zero-order valence-electron chi connectivity index (χ0n) is 9.32. The van der Waals surface area contributed by atoms with E-state index in [1.807, 2.05) is 0 Å². The lowest BCUT2D eigenvalue weighted by molar-refractivity contribution is -0.137. The van der Waals surface area contributed by atoms with E-state index in [9.17, 15) is 4.79 Å². The third-order valence-electron chi connectivity index (χ3n) is 3.91. The van der Waals surface area contributed by atoms with Crippen LogP contribution in [0.5, 0.6) is 0 Å². The number of likely N-dealkylation sites (tertiary alicyclic amines) is 1. The highest BCUT2D eigenvalue weighted by molar-refractivity contribution is 5.66. The molecule has 3 nitrogen and oxygen atoms in total. The van der Waals surface area contributed by atoms with Crippen molar-refractivity contribution in [2.24, 2.45) is 0 Å². The van der Waals surface area contributed by atoms with Crippen molar-refractivity contribution in [2.75, 3.05) is 6.54 Å². The Bertz CT molecular complexity index is 224. The minimum atomic E-state index is -0.651. The summed E-state index contributed by atoms with van der Waals surface area (Å²) < 4.78 is 0. The SMILES string of the molecule is O=C(O)CCCC1CCN1C1CCCC1. The Morgan fingerprint density at radius 3 is 2.53 bits per heavy atom. The average molecular weight is 211 g/mol. The van der Waals surface area contributed by atoms with Crippen molar-refractivity contribution in [3.63, 3.8) is 0 Å². The molecule has 86 valence electrons. The van der Waals surface area contributed by atoms with Crippen LogP contribution in [0, 0.1) is 0 Å². The van der Waals surface area contributed by atoms with Crippen LogP contribution in [0.3, 0.4) is 0 Å². The zero-order chi connectivity index (χ0) is 10.7. The third-order valence-corrected chi connectivity index (χ3v) is 3.91. The molecule has 0 bridgehead atoms.